The first-order valence-electron chi connectivity index (χ1n) is 6.43. The Bertz CT molecular complexity index is 583. The van der Waals surface area contributed by atoms with Crippen LogP contribution in [0.1, 0.15) is 25.0 Å². The summed E-state index contributed by atoms with van der Waals surface area (Å²) in [5.41, 5.74) is 3.40. The van der Waals surface area contributed by atoms with Gasteiger partial charge >= 0.3 is 0 Å². The molecule has 0 radical (unpaired) electrons. The number of hydrogen-bond acceptors (Lipinski definition) is 3. The fourth-order valence-electron chi connectivity index (χ4n) is 2.30. The van der Waals surface area contributed by atoms with Crippen molar-refractivity contribution in [1.29, 1.82) is 0 Å². The highest BCUT2D eigenvalue weighted by Gasteiger charge is 2.12. The highest BCUT2D eigenvalue weighted by molar-refractivity contribution is 5.73. The van der Waals surface area contributed by atoms with E-state index in [-0.39, 0.29) is 17.2 Å². The molecular weight excluding hydrogens is 240 g/mol. The summed E-state index contributed by atoms with van der Waals surface area (Å²) in [5.74, 6) is 0.288. The fraction of sp³-hybridized carbons (Fsp3) is 0.250. The second-order valence-corrected chi connectivity index (χ2v) is 4.59. The van der Waals surface area contributed by atoms with E-state index in [2.05, 4.69) is 0 Å². The molecule has 3 heteroatoms. The molecule has 0 spiro atoms. The molecule has 0 aromatic heterocycles. The number of hydrogen-bond donors (Lipinski definition) is 3. The van der Waals surface area contributed by atoms with Gasteiger partial charge in [-0.3, -0.25) is 0 Å². The van der Waals surface area contributed by atoms with E-state index in [1.807, 2.05) is 19.9 Å². The van der Waals surface area contributed by atoms with Gasteiger partial charge < -0.3 is 15.3 Å². The Labute approximate surface area is 112 Å². The van der Waals surface area contributed by atoms with E-state index in [0.717, 1.165) is 23.1 Å². The Morgan fingerprint density at radius 2 is 1.42 bits per heavy atom. The smallest absolute Gasteiger partial charge is 0.119 e. The Morgan fingerprint density at radius 3 is 1.95 bits per heavy atom. The summed E-state index contributed by atoms with van der Waals surface area (Å²) in [6, 6.07) is 8.23. The SMILES string of the molecule is CCc1cc(O)c(CC)c(-c2cc(O)cc(O)c2)c1. The number of aryl methyl sites for hydroxylation is 1. The minimum atomic E-state index is 0.0124. The molecule has 2 aromatic carbocycles. The molecule has 0 unspecified atom stereocenters. The Hall–Kier alpha value is -2.16. The van der Waals surface area contributed by atoms with Crippen LogP contribution in [-0.4, -0.2) is 15.3 Å². The lowest BCUT2D eigenvalue weighted by Crippen LogP contribution is -1.92. The Balaban J connectivity index is 2.68. The van der Waals surface area contributed by atoms with Crippen molar-refractivity contribution >= 4 is 0 Å². The van der Waals surface area contributed by atoms with E-state index < -0.39 is 0 Å². The third-order valence-corrected chi connectivity index (χ3v) is 3.26. The summed E-state index contributed by atoms with van der Waals surface area (Å²) in [7, 11) is 0. The van der Waals surface area contributed by atoms with Crippen molar-refractivity contribution < 1.29 is 15.3 Å². The van der Waals surface area contributed by atoms with Crippen LogP contribution in [0.25, 0.3) is 11.1 Å². The Kier molecular flexibility index (Phi) is 3.65. The van der Waals surface area contributed by atoms with E-state index in [9.17, 15) is 15.3 Å². The van der Waals surface area contributed by atoms with Crippen molar-refractivity contribution in [3.8, 4) is 28.4 Å². The average molecular weight is 258 g/mol. The van der Waals surface area contributed by atoms with E-state index in [4.69, 9.17) is 0 Å². The maximum Gasteiger partial charge on any atom is 0.119 e. The zero-order chi connectivity index (χ0) is 14.0. The zero-order valence-electron chi connectivity index (χ0n) is 11.1. The van der Waals surface area contributed by atoms with Crippen LogP contribution in [0, 0.1) is 0 Å². The van der Waals surface area contributed by atoms with Gasteiger partial charge in [0.15, 0.2) is 0 Å². The van der Waals surface area contributed by atoms with Gasteiger partial charge in [-0.15, -0.1) is 0 Å². The van der Waals surface area contributed by atoms with Crippen LogP contribution in [0.2, 0.25) is 0 Å². The predicted octanol–water partition coefficient (Wildman–Crippen LogP) is 3.60. The molecule has 100 valence electrons. The van der Waals surface area contributed by atoms with Gasteiger partial charge in [0, 0.05) is 11.6 Å². The van der Waals surface area contributed by atoms with Gasteiger partial charge in [0.25, 0.3) is 0 Å². The summed E-state index contributed by atoms with van der Waals surface area (Å²) < 4.78 is 0. The largest absolute Gasteiger partial charge is 0.508 e. The van der Waals surface area contributed by atoms with Crippen LogP contribution in [-0.2, 0) is 12.8 Å². The molecule has 19 heavy (non-hydrogen) atoms. The summed E-state index contributed by atoms with van der Waals surface area (Å²) in [4.78, 5) is 0. The van der Waals surface area contributed by atoms with E-state index in [0.29, 0.717) is 12.0 Å². The predicted molar refractivity (Wildman–Crippen MR) is 75.6 cm³/mol. The van der Waals surface area contributed by atoms with Crippen LogP contribution in [0.5, 0.6) is 17.2 Å². The van der Waals surface area contributed by atoms with Crippen molar-refractivity contribution in [2.24, 2.45) is 0 Å². The molecule has 2 aromatic rings. The van der Waals surface area contributed by atoms with E-state index >= 15 is 0 Å². The first-order chi connectivity index (χ1) is 9.05. The van der Waals surface area contributed by atoms with Crippen LogP contribution in [0.15, 0.2) is 30.3 Å². The number of phenols is 3. The maximum absolute atomic E-state index is 10.1. The molecule has 0 atom stereocenters. The van der Waals surface area contributed by atoms with Gasteiger partial charge in [-0.25, -0.2) is 0 Å². The molecule has 0 aliphatic heterocycles. The zero-order valence-corrected chi connectivity index (χ0v) is 11.1. The topological polar surface area (TPSA) is 60.7 Å². The standard InChI is InChI=1S/C16H18O3/c1-3-10-5-15(14(4-2)16(19)6-10)11-7-12(17)9-13(18)8-11/h5-9,17-19H,3-4H2,1-2H3. The molecule has 3 nitrogen and oxygen atoms in total. The summed E-state index contributed by atoms with van der Waals surface area (Å²) in [6.07, 6.45) is 1.50. The molecule has 0 saturated carbocycles. The molecule has 0 saturated heterocycles. The van der Waals surface area contributed by atoms with Gasteiger partial charge in [-0.05, 0) is 47.7 Å². The average Bonchev–Trinajstić information content (AvgIpc) is 2.36. The van der Waals surface area contributed by atoms with Crippen molar-refractivity contribution in [3.05, 3.63) is 41.5 Å². The number of rotatable bonds is 3. The number of phenolic OH excluding ortho intramolecular Hbond substituents is 3. The van der Waals surface area contributed by atoms with Gasteiger partial charge in [-0.2, -0.15) is 0 Å². The molecular formula is C16H18O3. The number of aromatic hydroxyl groups is 3. The minimum absolute atomic E-state index is 0.0124. The molecule has 0 heterocycles. The van der Waals surface area contributed by atoms with E-state index in [1.54, 1.807) is 18.2 Å². The lowest BCUT2D eigenvalue weighted by atomic mass is 9.94. The lowest BCUT2D eigenvalue weighted by Gasteiger charge is -2.13. The van der Waals surface area contributed by atoms with Gasteiger partial charge in [0.1, 0.15) is 17.2 Å². The number of benzene rings is 2. The van der Waals surface area contributed by atoms with Crippen molar-refractivity contribution in [2.75, 3.05) is 0 Å². The Morgan fingerprint density at radius 1 is 0.789 bits per heavy atom. The lowest BCUT2D eigenvalue weighted by molar-refractivity contribution is 0.451. The highest BCUT2D eigenvalue weighted by Crippen LogP contribution is 2.35. The van der Waals surface area contributed by atoms with E-state index in [1.165, 1.54) is 6.07 Å². The molecule has 0 aliphatic carbocycles. The molecule has 2 rings (SSSR count). The van der Waals surface area contributed by atoms with Crippen molar-refractivity contribution in [2.45, 2.75) is 26.7 Å². The summed E-state index contributed by atoms with van der Waals surface area (Å²) in [6.45, 7) is 3.98. The monoisotopic (exact) mass is 258 g/mol. The molecule has 0 aliphatic rings. The van der Waals surface area contributed by atoms with Gasteiger partial charge in [0.05, 0.1) is 0 Å². The van der Waals surface area contributed by atoms with Gasteiger partial charge in [0.2, 0.25) is 0 Å². The van der Waals surface area contributed by atoms with Crippen molar-refractivity contribution in [1.82, 2.24) is 0 Å². The quantitative estimate of drug-likeness (QED) is 0.788. The van der Waals surface area contributed by atoms with Crippen LogP contribution in [0.4, 0.5) is 0 Å². The van der Waals surface area contributed by atoms with Gasteiger partial charge in [-0.1, -0.05) is 19.9 Å². The normalized spacial score (nSPS) is 10.6. The first kappa shape index (κ1) is 13.3. The van der Waals surface area contributed by atoms with Crippen LogP contribution < -0.4 is 0 Å². The second-order valence-electron chi connectivity index (χ2n) is 4.59. The fourth-order valence-corrected chi connectivity index (χ4v) is 2.30. The third-order valence-electron chi connectivity index (χ3n) is 3.26. The molecule has 0 amide bonds. The molecule has 0 fully saturated rings. The van der Waals surface area contributed by atoms with Crippen LogP contribution in [0.3, 0.4) is 0 Å². The van der Waals surface area contributed by atoms with Crippen LogP contribution >= 0.6 is 0 Å². The third kappa shape index (κ3) is 2.65. The minimum Gasteiger partial charge on any atom is -0.508 e. The maximum atomic E-state index is 10.1. The molecule has 0 bridgehead atoms. The summed E-state index contributed by atoms with van der Waals surface area (Å²) in [5, 5.41) is 29.3. The summed E-state index contributed by atoms with van der Waals surface area (Å²) >= 11 is 0. The molecule has 3 N–H and O–H groups in total. The second kappa shape index (κ2) is 5.22. The highest BCUT2D eigenvalue weighted by atomic mass is 16.3. The van der Waals surface area contributed by atoms with Crippen molar-refractivity contribution in [3.63, 3.8) is 0 Å². The first-order valence-corrected chi connectivity index (χ1v) is 6.43.